The van der Waals surface area contributed by atoms with Gasteiger partial charge in [0.15, 0.2) is 17.5 Å². The molecular weight excluding hydrogens is 528 g/mol. The molecular formula is C30H22F8O. The van der Waals surface area contributed by atoms with Crippen LogP contribution < -0.4 is 4.74 Å². The maximum Gasteiger partial charge on any atom is 0.432 e. The molecule has 0 atom stereocenters. The Kier molecular flexibility index (Phi) is 7.86. The Labute approximate surface area is 221 Å². The van der Waals surface area contributed by atoms with Crippen molar-refractivity contribution < 1.29 is 41.2 Å². The molecule has 9 heteroatoms. The SMILES string of the molecule is [2H]c1c(OC(F)(F)c2c(F)cc(-c3ccc(-c4ccc(CCCCC)cc4)cc3F)cc2F)cc(F)c(F)c1F. The zero-order chi connectivity index (χ0) is 29.2. The largest absolute Gasteiger partial charge is 0.432 e. The van der Waals surface area contributed by atoms with Gasteiger partial charge in [0.2, 0.25) is 0 Å². The molecule has 204 valence electrons. The summed E-state index contributed by atoms with van der Waals surface area (Å²) < 4.78 is 125. The van der Waals surface area contributed by atoms with Crippen LogP contribution in [0.5, 0.6) is 5.75 Å². The van der Waals surface area contributed by atoms with Crippen LogP contribution in [0, 0.1) is 34.9 Å². The molecule has 0 heterocycles. The van der Waals surface area contributed by atoms with Crippen molar-refractivity contribution in [1.29, 1.82) is 0 Å². The Bertz CT molecular complexity index is 1510. The fourth-order valence-electron chi connectivity index (χ4n) is 4.10. The molecule has 0 aromatic heterocycles. The highest BCUT2D eigenvalue weighted by Gasteiger charge is 2.41. The van der Waals surface area contributed by atoms with Gasteiger partial charge in [0.1, 0.15) is 28.8 Å². The molecule has 0 bridgehead atoms. The highest BCUT2D eigenvalue weighted by molar-refractivity contribution is 5.71. The Balaban J connectivity index is 1.60. The van der Waals surface area contributed by atoms with Crippen LogP contribution >= 0.6 is 0 Å². The molecule has 0 amide bonds. The quantitative estimate of drug-likeness (QED) is 0.114. The normalized spacial score (nSPS) is 12.0. The summed E-state index contributed by atoms with van der Waals surface area (Å²) in [5, 5.41) is 0. The lowest BCUT2D eigenvalue weighted by Crippen LogP contribution is -2.25. The molecule has 0 radical (unpaired) electrons. The van der Waals surface area contributed by atoms with Gasteiger partial charge in [0.05, 0.1) is 1.37 Å². The van der Waals surface area contributed by atoms with Crippen LogP contribution in [0.4, 0.5) is 35.1 Å². The Morgan fingerprint density at radius 3 is 1.92 bits per heavy atom. The lowest BCUT2D eigenvalue weighted by atomic mass is 9.97. The first kappa shape index (κ1) is 26.7. The van der Waals surface area contributed by atoms with Gasteiger partial charge in [-0.05, 0) is 53.3 Å². The van der Waals surface area contributed by atoms with Gasteiger partial charge in [-0.2, -0.15) is 8.78 Å². The molecule has 0 saturated carbocycles. The number of rotatable bonds is 9. The van der Waals surface area contributed by atoms with Crippen LogP contribution in [0.25, 0.3) is 22.3 Å². The highest BCUT2D eigenvalue weighted by atomic mass is 19.3. The number of hydrogen-bond donors (Lipinski definition) is 0. The van der Waals surface area contributed by atoms with E-state index in [1.807, 2.05) is 24.3 Å². The molecule has 0 aliphatic heterocycles. The summed E-state index contributed by atoms with van der Waals surface area (Å²) in [4.78, 5) is 0. The van der Waals surface area contributed by atoms with Crippen molar-refractivity contribution >= 4 is 0 Å². The number of unbranched alkanes of at least 4 members (excludes halogenated alkanes) is 2. The smallest absolute Gasteiger partial charge is 0.429 e. The second-order valence-electron chi connectivity index (χ2n) is 8.89. The van der Waals surface area contributed by atoms with E-state index in [9.17, 15) is 30.7 Å². The average molecular weight is 551 g/mol. The molecule has 4 aromatic carbocycles. The van der Waals surface area contributed by atoms with E-state index in [1.165, 1.54) is 12.1 Å². The van der Waals surface area contributed by atoms with E-state index >= 15 is 4.39 Å². The number of ether oxygens (including phenoxy) is 1. The monoisotopic (exact) mass is 551 g/mol. The molecule has 39 heavy (non-hydrogen) atoms. The maximum absolute atomic E-state index is 15.0. The van der Waals surface area contributed by atoms with E-state index in [-0.39, 0.29) is 11.6 Å². The predicted octanol–water partition coefficient (Wildman–Crippen LogP) is 9.72. The second-order valence-corrected chi connectivity index (χ2v) is 8.89. The third-order valence-corrected chi connectivity index (χ3v) is 6.10. The zero-order valence-electron chi connectivity index (χ0n) is 21.5. The summed E-state index contributed by atoms with van der Waals surface area (Å²) in [6.45, 7) is 2.11. The minimum atomic E-state index is -4.87. The standard InChI is InChI=1S/C30H22F8O/c1-2-3-4-5-17-6-8-18(9-7-17)19-10-11-22(23(31)12-19)20-13-24(32)28(25(33)14-20)30(37,38)39-21-15-26(34)29(36)27(35)16-21/h6-16H,2-5H2,1H3/i15D. The van der Waals surface area contributed by atoms with Gasteiger partial charge >= 0.3 is 6.11 Å². The average Bonchev–Trinajstić information content (AvgIpc) is 2.90. The van der Waals surface area contributed by atoms with Crippen molar-refractivity contribution in [3.05, 3.63) is 113 Å². The summed E-state index contributed by atoms with van der Waals surface area (Å²) in [5.74, 6) is -12.2. The van der Waals surface area contributed by atoms with E-state index in [0.29, 0.717) is 23.3 Å². The van der Waals surface area contributed by atoms with E-state index in [4.69, 9.17) is 1.37 Å². The highest BCUT2D eigenvalue weighted by Crippen LogP contribution is 2.38. The Morgan fingerprint density at radius 1 is 0.692 bits per heavy atom. The first-order valence-corrected chi connectivity index (χ1v) is 12.0. The number of alkyl halides is 2. The van der Waals surface area contributed by atoms with Gasteiger partial charge in [0, 0.05) is 17.7 Å². The fraction of sp³-hybridized carbons (Fsp3) is 0.200. The molecule has 4 aromatic rings. The maximum atomic E-state index is 15.0. The first-order chi connectivity index (χ1) is 18.9. The number of benzene rings is 4. The van der Waals surface area contributed by atoms with Crippen molar-refractivity contribution in [2.75, 3.05) is 0 Å². The van der Waals surface area contributed by atoms with Crippen LogP contribution in [0.2, 0.25) is 0 Å². The van der Waals surface area contributed by atoms with E-state index in [1.54, 1.807) is 0 Å². The Morgan fingerprint density at radius 2 is 1.31 bits per heavy atom. The van der Waals surface area contributed by atoms with Crippen LogP contribution in [-0.2, 0) is 12.5 Å². The fourth-order valence-corrected chi connectivity index (χ4v) is 4.10. The molecule has 0 N–H and O–H groups in total. The zero-order valence-corrected chi connectivity index (χ0v) is 20.5. The van der Waals surface area contributed by atoms with Gasteiger partial charge in [-0.1, -0.05) is 56.2 Å². The molecule has 0 aliphatic carbocycles. The van der Waals surface area contributed by atoms with Crippen molar-refractivity contribution in [2.24, 2.45) is 0 Å². The van der Waals surface area contributed by atoms with Gasteiger partial charge in [-0.3, -0.25) is 0 Å². The Hall–Kier alpha value is -3.88. The van der Waals surface area contributed by atoms with Crippen LogP contribution in [0.1, 0.15) is 38.7 Å². The second kappa shape index (κ2) is 11.5. The van der Waals surface area contributed by atoms with E-state index < -0.39 is 63.9 Å². The van der Waals surface area contributed by atoms with Crippen molar-refractivity contribution in [3.63, 3.8) is 0 Å². The van der Waals surface area contributed by atoms with Crippen LogP contribution in [0.15, 0.2) is 66.7 Å². The summed E-state index contributed by atoms with van der Waals surface area (Å²) in [6.07, 6.45) is -0.689. The first-order valence-electron chi connectivity index (χ1n) is 12.5. The van der Waals surface area contributed by atoms with Gasteiger partial charge < -0.3 is 4.74 Å². The third kappa shape index (κ3) is 6.24. The molecule has 0 fully saturated rings. The minimum Gasteiger partial charge on any atom is -0.429 e. The molecule has 0 unspecified atom stereocenters. The third-order valence-electron chi connectivity index (χ3n) is 6.10. The van der Waals surface area contributed by atoms with Crippen LogP contribution in [-0.4, -0.2) is 0 Å². The van der Waals surface area contributed by atoms with Gasteiger partial charge in [-0.15, -0.1) is 0 Å². The molecule has 0 spiro atoms. The van der Waals surface area contributed by atoms with Crippen molar-refractivity contribution in [3.8, 4) is 28.0 Å². The van der Waals surface area contributed by atoms with E-state index in [0.717, 1.165) is 37.3 Å². The lowest BCUT2D eigenvalue weighted by molar-refractivity contribution is -0.189. The van der Waals surface area contributed by atoms with Crippen molar-refractivity contribution in [1.82, 2.24) is 0 Å². The summed E-state index contributed by atoms with van der Waals surface area (Å²) in [6, 6.07) is 10.7. The van der Waals surface area contributed by atoms with Gasteiger partial charge in [-0.25, -0.2) is 26.3 Å². The minimum absolute atomic E-state index is 0.0459. The molecule has 0 saturated heterocycles. The summed E-state index contributed by atoms with van der Waals surface area (Å²) in [7, 11) is 0. The number of aryl methyl sites for hydroxylation is 1. The van der Waals surface area contributed by atoms with E-state index in [2.05, 4.69) is 11.7 Å². The summed E-state index contributed by atoms with van der Waals surface area (Å²) in [5.41, 5.74) is -0.290. The molecule has 1 nitrogen and oxygen atoms in total. The lowest BCUT2D eigenvalue weighted by Gasteiger charge is -2.20. The number of hydrogen-bond acceptors (Lipinski definition) is 1. The molecule has 0 aliphatic rings. The molecule has 4 rings (SSSR count). The predicted molar refractivity (Wildman–Crippen MR) is 131 cm³/mol. The summed E-state index contributed by atoms with van der Waals surface area (Å²) >= 11 is 0. The van der Waals surface area contributed by atoms with Crippen LogP contribution in [0.3, 0.4) is 0 Å². The van der Waals surface area contributed by atoms with Gasteiger partial charge in [0.25, 0.3) is 0 Å². The van der Waals surface area contributed by atoms with Crippen molar-refractivity contribution in [2.45, 2.75) is 38.7 Å². The number of halogens is 8. The topological polar surface area (TPSA) is 9.23 Å².